The van der Waals surface area contributed by atoms with Gasteiger partial charge in [-0.3, -0.25) is 14.4 Å². The molecule has 7 heteroatoms. The van der Waals surface area contributed by atoms with Crippen molar-refractivity contribution in [2.45, 2.75) is 84.2 Å². The standard InChI is InChI=1S/C23H37N3O4/c1-4-5-6-7-8-9-21(28)26-20(23(30)25-17(2)3)16-22(29)24-15-14-18-10-12-19(27)13-11-18/h10-13,17,20,27H,4-9,14-16H2,1-3H3,(H,24,29)(H,25,30)(H,26,28)/t20-/m1/s1. The molecule has 1 rings (SSSR count). The fraction of sp³-hybridized carbons (Fsp3) is 0.609. The lowest BCUT2D eigenvalue weighted by atomic mass is 10.1. The van der Waals surface area contributed by atoms with E-state index in [9.17, 15) is 19.5 Å². The molecule has 0 spiro atoms. The van der Waals surface area contributed by atoms with Crippen LogP contribution in [-0.2, 0) is 20.8 Å². The van der Waals surface area contributed by atoms with E-state index in [0.717, 1.165) is 37.7 Å². The Morgan fingerprint density at radius 2 is 1.60 bits per heavy atom. The topological polar surface area (TPSA) is 108 Å². The summed E-state index contributed by atoms with van der Waals surface area (Å²) in [7, 11) is 0. The monoisotopic (exact) mass is 419 g/mol. The highest BCUT2D eigenvalue weighted by molar-refractivity contribution is 5.92. The lowest BCUT2D eigenvalue weighted by Crippen LogP contribution is -2.50. The van der Waals surface area contributed by atoms with Crippen molar-refractivity contribution in [2.24, 2.45) is 0 Å². The number of rotatable bonds is 14. The molecule has 0 bridgehead atoms. The smallest absolute Gasteiger partial charge is 0.243 e. The number of hydrogen-bond donors (Lipinski definition) is 4. The van der Waals surface area contributed by atoms with E-state index in [2.05, 4.69) is 22.9 Å². The van der Waals surface area contributed by atoms with Crippen molar-refractivity contribution >= 4 is 17.7 Å². The van der Waals surface area contributed by atoms with Gasteiger partial charge in [0.2, 0.25) is 17.7 Å². The first-order chi connectivity index (χ1) is 14.3. The fourth-order valence-electron chi connectivity index (χ4n) is 3.02. The first-order valence-electron chi connectivity index (χ1n) is 11.0. The molecule has 0 saturated heterocycles. The molecule has 30 heavy (non-hydrogen) atoms. The summed E-state index contributed by atoms with van der Waals surface area (Å²) >= 11 is 0. The molecule has 1 aromatic rings. The van der Waals surface area contributed by atoms with E-state index < -0.39 is 6.04 Å². The molecule has 0 heterocycles. The molecule has 3 amide bonds. The largest absolute Gasteiger partial charge is 0.508 e. The summed E-state index contributed by atoms with van der Waals surface area (Å²) < 4.78 is 0. The number of carbonyl (C=O) groups is 3. The van der Waals surface area contributed by atoms with Gasteiger partial charge in [0.25, 0.3) is 0 Å². The molecular weight excluding hydrogens is 382 g/mol. The quantitative estimate of drug-likeness (QED) is 0.348. The molecule has 1 atom stereocenters. The van der Waals surface area contributed by atoms with Crippen molar-refractivity contribution in [3.8, 4) is 5.75 Å². The number of amides is 3. The van der Waals surface area contributed by atoms with Gasteiger partial charge in [-0.05, 0) is 44.4 Å². The maximum atomic E-state index is 12.4. The summed E-state index contributed by atoms with van der Waals surface area (Å²) in [6.07, 6.45) is 6.04. The normalized spacial score (nSPS) is 11.7. The Kier molecular flexibility index (Phi) is 12.2. The second-order valence-electron chi connectivity index (χ2n) is 7.92. The van der Waals surface area contributed by atoms with Gasteiger partial charge in [0.05, 0.1) is 6.42 Å². The highest BCUT2D eigenvalue weighted by Crippen LogP contribution is 2.09. The van der Waals surface area contributed by atoms with Gasteiger partial charge >= 0.3 is 0 Å². The van der Waals surface area contributed by atoms with Crippen LogP contribution in [0.25, 0.3) is 0 Å². The second kappa shape index (κ2) is 14.4. The minimum atomic E-state index is -0.885. The third-order valence-corrected chi connectivity index (χ3v) is 4.65. The van der Waals surface area contributed by atoms with Crippen LogP contribution in [0, 0.1) is 0 Å². The van der Waals surface area contributed by atoms with Crippen molar-refractivity contribution in [3.05, 3.63) is 29.8 Å². The maximum absolute atomic E-state index is 12.4. The molecular formula is C23H37N3O4. The van der Waals surface area contributed by atoms with E-state index in [1.54, 1.807) is 24.3 Å². The van der Waals surface area contributed by atoms with Gasteiger partial charge in [-0.15, -0.1) is 0 Å². The summed E-state index contributed by atoms with van der Waals surface area (Å²) in [4.78, 5) is 37.0. The Hall–Kier alpha value is -2.57. The van der Waals surface area contributed by atoms with Crippen molar-refractivity contribution in [1.82, 2.24) is 16.0 Å². The molecule has 1 aromatic carbocycles. The van der Waals surface area contributed by atoms with Crippen LogP contribution in [0.2, 0.25) is 0 Å². The predicted molar refractivity (Wildman–Crippen MR) is 118 cm³/mol. The number of phenolic OH excluding ortho intramolecular Hbond substituents is 1. The van der Waals surface area contributed by atoms with E-state index >= 15 is 0 Å². The van der Waals surface area contributed by atoms with Crippen molar-refractivity contribution in [2.75, 3.05) is 6.54 Å². The molecule has 0 radical (unpaired) electrons. The molecule has 0 unspecified atom stereocenters. The number of carbonyl (C=O) groups excluding carboxylic acids is 3. The van der Waals surface area contributed by atoms with Gasteiger partial charge in [0.15, 0.2) is 0 Å². The zero-order valence-electron chi connectivity index (χ0n) is 18.5. The van der Waals surface area contributed by atoms with Gasteiger partial charge in [-0.25, -0.2) is 0 Å². The molecule has 0 aliphatic rings. The van der Waals surface area contributed by atoms with Crippen LogP contribution in [0.1, 0.15) is 71.3 Å². The Balaban J connectivity index is 2.49. The number of hydrogen-bond acceptors (Lipinski definition) is 4. The highest BCUT2D eigenvalue weighted by Gasteiger charge is 2.24. The third-order valence-electron chi connectivity index (χ3n) is 4.65. The third kappa shape index (κ3) is 11.4. The Morgan fingerprint density at radius 1 is 0.933 bits per heavy atom. The van der Waals surface area contributed by atoms with Crippen LogP contribution in [0.15, 0.2) is 24.3 Å². The van der Waals surface area contributed by atoms with Gasteiger partial charge < -0.3 is 21.1 Å². The predicted octanol–water partition coefficient (Wildman–Crippen LogP) is 2.81. The second-order valence-corrected chi connectivity index (χ2v) is 7.92. The molecule has 0 aliphatic heterocycles. The number of aromatic hydroxyl groups is 1. The van der Waals surface area contributed by atoms with Crippen LogP contribution in [0.5, 0.6) is 5.75 Å². The number of unbranched alkanes of at least 4 members (excludes halogenated alkanes) is 4. The minimum Gasteiger partial charge on any atom is -0.508 e. The van der Waals surface area contributed by atoms with E-state index in [-0.39, 0.29) is 35.9 Å². The summed E-state index contributed by atoms with van der Waals surface area (Å²) in [5.74, 6) is -0.644. The lowest BCUT2D eigenvalue weighted by molar-refractivity contribution is -0.132. The van der Waals surface area contributed by atoms with Gasteiger partial charge in [-0.1, -0.05) is 44.7 Å². The number of phenols is 1. The Labute approximate surface area is 180 Å². The maximum Gasteiger partial charge on any atom is 0.243 e. The average Bonchev–Trinajstić information content (AvgIpc) is 2.68. The summed E-state index contributed by atoms with van der Waals surface area (Å²) in [6.45, 7) is 6.22. The van der Waals surface area contributed by atoms with E-state index in [0.29, 0.717) is 19.4 Å². The molecule has 0 fully saturated rings. The first kappa shape index (κ1) is 25.5. The first-order valence-corrected chi connectivity index (χ1v) is 11.0. The average molecular weight is 420 g/mol. The van der Waals surface area contributed by atoms with Crippen LogP contribution in [0.3, 0.4) is 0 Å². The lowest BCUT2D eigenvalue weighted by Gasteiger charge is -2.20. The van der Waals surface area contributed by atoms with Gasteiger partial charge in [-0.2, -0.15) is 0 Å². The van der Waals surface area contributed by atoms with E-state index in [1.165, 1.54) is 0 Å². The van der Waals surface area contributed by atoms with Crippen molar-refractivity contribution in [3.63, 3.8) is 0 Å². The fourth-order valence-corrected chi connectivity index (χ4v) is 3.02. The molecule has 0 aromatic heterocycles. The summed E-state index contributed by atoms with van der Waals surface area (Å²) in [6, 6.07) is 5.82. The Bertz CT molecular complexity index is 659. The molecule has 0 aliphatic carbocycles. The minimum absolute atomic E-state index is 0.0801. The molecule has 0 saturated carbocycles. The van der Waals surface area contributed by atoms with Crippen LogP contribution < -0.4 is 16.0 Å². The zero-order valence-corrected chi connectivity index (χ0v) is 18.5. The van der Waals surface area contributed by atoms with E-state index in [4.69, 9.17) is 0 Å². The number of nitrogens with one attached hydrogen (secondary N) is 3. The molecule has 4 N–H and O–H groups in total. The van der Waals surface area contributed by atoms with Crippen LogP contribution in [0.4, 0.5) is 0 Å². The molecule has 7 nitrogen and oxygen atoms in total. The number of benzene rings is 1. The van der Waals surface area contributed by atoms with E-state index in [1.807, 2.05) is 13.8 Å². The highest BCUT2D eigenvalue weighted by atomic mass is 16.3. The summed E-state index contributed by atoms with van der Waals surface area (Å²) in [5.41, 5.74) is 0.985. The van der Waals surface area contributed by atoms with Crippen molar-refractivity contribution < 1.29 is 19.5 Å². The van der Waals surface area contributed by atoms with Crippen LogP contribution >= 0.6 is 0 Å². The van der Waals surface area contributed by atoms with Crippen molar-refractivity contribution in [1.29, 1.82) is 0 Å². The SMILES string of the molecule is CCCCCCCC(=O)N[C@H](CC(=O)NCCc1ccc(O)cc1)C(=O)NC(C)C. The van der Waals surface area contributed by atoms with Crippen LogP contribution in [-0.4, -0.2) is 41.5 Å². The Morgan fingerprint density at radius 3 is 2.23 bits per heavy atom. The van der Waals surface area contributed by atoms with Gasteiger partial charge in [0, 0.05) is 19.0 Å². The molecule has 168 valence electrons. The zero-order chi connectivity index (χ0) is 22.4. The van der Waals surface area contributed by atoms with Gasteiger partial charge in [0.1, 0.15) is 11.8 Å². The summed E-state index contributed by atoms with van der Waals surface area (Å²) in [5, 5.41) is 17.6.